The first-order chi connectivity index (χ1) is 9.60. The molecule has 108 valence electrons. The Kier molecular flexibility index (Phi) is 4.39. The highest BCUT2D eigenvalue weighted by molar-refractivity contribution is 5.83. The summed E-state index contributed by atoms with van der Waals surface area (Å²) in [7, 11) is 1.48. The fraction of sp³-hybridized carbons (Fsp3) is 0.467. The van der Waals surface area contributed by atoms with E-state index in [1.807, 2.05) is 30.3 Å². The zero-order valence-corrected chi connectivity index (χ0v) is 11.5. The predicted octanol–water partition coefficient (Wildman–Crippen LogP) is 1.28. The molecule has 5 heteroatoms. The van der Waals surface area contributed by atoms with Gasteiger partial charge in [0, 0.05) is 20.2 Å². The molecule has 0 saturated carbocycles. The highest BCUT2D eigenvalue weighted by atomic mass is 16.5. The molecule has 0 bridgehead atoms. The number of hydrogen-bond acceptors (Lipinski definition) is 3. The van der Waals surface area contributed by atoms with Crippen molar-refractivity contribution in [1.29, 1.82) is 0 Å². The molecule has 1 aliphatic rings. The minimum Gasteiger partial charge on any atom is -0.481 e. The van der Waals surface area contributed by atoms with Crippen LogP contribution in [0.25, 0.3) is 0 Å². The molecule has 0 aromatic heterocycles. The SMILES string of the molecule is COCC(=O)N1CCC(C(=O)O)(c2ccccc2)CC1. The predicted molar refractivity (Wildman–Crippen MR) is 73.4 cm³/mol. The largest absolute Gasteiger partial charge is 0.481 e. The summed E-state index contributed by atoms with van der Waals surface area (Å²) in [6.45, 7) is 0.943. The number of carbonyl (C=O) groups excluding carboxylic acids is 1. The molecule has 1 amide bonds. The van der Waals surface area contributed by atoms with Gasteiger partial charge in [-0.15, -0.1) is 0 Å². The maximum absolute atomic E-state index is 11.8. The summed E-state index contributed by atoms with van der Waals surface area (Å²) < 4.78 is 4.83. The van der Waals surface area contributed by atoms with Crippen molar-refractivity contribution >= 4 is 11.9 Å². The topological polar surface area (TPSA) is 66.8 Å². The molecule has 1 saturated heterocycles. The Morgan fingerprint density at radius 1 is 1.25 bits per heavy atom. The average Bonchev–Trinajstić information content (AvgIpc) is 2.48. The normalized spacial score (nSPS) is 17.8. The van der Waals surface area contributed by atoms with Crippen molar-refractivity contribution in [2.75, 3.05) is 26.8 Å². The van der Waals surface area contributed by atoms with Crippen LogP contribution in [0.15, 0.2) is 30.3 Å². The molecule has 5 nitrogen and oxygen atoms in total. The number of piperidine rings is 1. The van der Waals surface area contributed by atoms with Gasteiger partial charge in [0.1, 0.15) is 6.61 Å². The number of hydrogen-bond donors (Lipinski definition) is 1. The Labute approximate surface area is 118 Å². The van der Waals surface area contributed by atoms with Gasteiger partial charge < -0.3 is 14.7 Å². The quantitative estimate of drug-likeness (QED) is 0.900. The summed E-state index contributed by atoms with van der Waals surface area (Å²) in [5.41, 5.74) is -0.0724. The lowest BCUT2D eigenvalue weighted by molar-refractivity contribution is -0.149. The molecule has 1 aromatic rings. The summed E-state index contributed by atoms with van der Waals surface area (Å²) in [5, 5.41) is 9.64. The van der Waals surface area contributed by atoms with E-state index in [1.165, 1.54) is 7.11 Å². The lowest BCUT2D eigenvalue weighted by Gasteiger charge is -2.39. The van der Waals surface area contributed by atoms with Crippen molar-refractivity contribution < 1.29 is 19.4 Å². The fourth-order valence-corrected chi connectivity index (χ4v) is 2.74. The number of ether oxygens (including phenoxy) is 1. The Hall–Kier alpha value is -1.88. The van der Waals surface area contributed by atoms with Gasteiger partial charge >= 0.3 is 5.97 Å². The Bertz CT molecular complexity index is 478. The van der Waals surface area contributed by atoms with E-state index in [-0.39, 0.29) is 12.5 Å². The van der Waals surface area contributed by atoms with Crippen LogP contribution in [0, 0.1) is 0 Å². The number of methoxy groups -OCH3 is 1. The first kappa shape index (κ1) is 14.5. The van der Waals surface area contributed by atoms with Crippen molar-refractivity contribution in [3.63, 3.8) is 0 Å². The maximum Gasteiger partial charge on any atom is 0.314 e. The van der Waals surface area contributed by atoms with E-state index in [0.29, 0.717) is 25.9 Å². The van der Waals surface area contributed by atoms with Crippen LogP contribution in [-0.2, 0) is 19.7 Å². The fourth-order valence-electron chi connectivity index (χ4n) is 2.74. The Balaban J connectivity index is 2.15. The van der Waals surface area contributed by atoms with Gasteiger partial charge in [-0.3, -0.25) is 9.59 Å². The second kappa shape index (κ2) is 6.05. The van der Waals surface area contributed by atoms with Crippen LogP contribution in [0.4, 0.5) is 0 Å². The van der Waals surface area contributed by atoms with Gasteiger partial charge in [0.05, 0.1) is 5.41 Å². The summed E-state index contributed by atoms with van der Waals surface area (Å²) in [6.07, 6.45) is 0.865. The summed E-state index contributed by atoms with van der Waals surface area (Å²) >= 11 is 0. The van der Waals surface area contributed by atoms with Crippen LogP contribution in [0.1, 0.15) is 18.4 Å². The van der Waals surface area contributed by atoms with Gasteiger partial charge in [-0.25, -0.2) is 0 Å². The standard InChI is InChI=1S/C15H19NO4/c1-20-11-13(17)16-9-7-15(8-10-16,14(18)19)12-5-3-2-4-6-12/h2-6H,7-11H2,1H3,(H,18,19). The number of rotatable bonds is 4. The first-order valence-corrected chi connectivity index (χ1v) is 6.66. The third kappa shape index (κ3) is 2.67. The van der Waals surface area contributed by atoms with Crippen LogP contribution in [0.2, 0.25) is 0 Å². The van der Waals surface area contributed by atoms with Crippen LogP contribution >= 0.6 is 0 Å². The molecule has 1 aliphatic heterocycles. The third-order valence-electron chi connectivity index (χ3n) is 3.97. The Morgan fingerprint density at radius 2 is 1.85 bits per heavy atom. The molecular weight excluding hydrogens is 258 g/mol. The number of nitrogens with zero attached hydrogens (tertiary/aromatic N) is 1. The van der Waals surface area contributed by atoms with Crippen molar-refractivity contribution in [3.8, 4) is 0 Å². The molecule has 20 heavy (non-hydrogen) atoms. The minimum atomic E-state index is -0.884. The van der Waals surface area contributed by atoms with Crippen molar-refractivity contribution in [2.24, 2.45) is 0 Å². The van der Waals surface area contributed by atoms with Gasteiger partial charge in [0.25, 0.3) is 0 Å². The second-order valence-corrected chi connectivity index (χ2v) is 5.07. The number of benzene rings is 1. The van der Waals surface area contributed by atoms with Crippen molar-refractivity contribution in [3.05, 3.63) is 35.9 Å². The molecule has 1 aromatic carbocycles. The highest BCUT2D eigenvalue weighted by Crippen LogP contribution is 2.35. The number of carboxylic acids is 1. The summed E-state index contributed by atoms with van der Waals surface area (Å²) in [6, 6.07) is 9.27. The Morgan fingerprint density at radius 3 is 2.35 bits per heavy atom. The second-order valence-electron chi connectivity index (χ2n) is 5.07. The van der Waals surface area contributed by atoms with Gasteiger partial charge in [0.2, 0.25) is 5.91 Å². The molecule has 0 radical (unpaired) electrons. The number of carboxylic acid groups (broad SMARTS) is 1. The van der Waals surface area contributed by atoms with Crippen molar-refractivity contribution in [1.82, 2.24) is 4.90 Å². The molecule has 1 heterocycles. The zero-order chi connectivity index (χ0) is 14.6. The lowest BCUT2D eigenvalue weighted by atomic mass is 9.73. The molecule has 1 N–H and O–H groups in total. The zero-order valence-electron chi connectivity index (χ0n) is 11.5. The molecule has 2 rings (SSSR count). The average molecular weight is 277 g/mol. The van der Waals surface area contributed by atoms with Crippen LogP contribution in [-0.4, -0.2) is 48.7 Å². The number of likely N-dealkylation sites (tertiary alicyclic amines) is 1. The summed E-state index contributed by atoms with van der Waals surface area (Å²) in [5.74, 6) is -0.901. The van der Waals surface area contributed by atoms with E-state index in [0.717, 1.165) is 5.56 Å². The lowest BCUT2D eigenvalue weighted by Crippen LogP contribution is -2.49. The smallest absolute Gasteiger partial charge is 0.314 e. The number of aliphatic carboxylic acids is 1. The van der Waals surface area contributed by atoms with E-state index in [4.69, 9.17) is 4.74 Å². The van der Waals surface area contributed by atoms with Crippen LogP contribution < -0.4 is 0 Å². The molecule has 1 fully saturated rings. The van der Waals surface area contributed by atoms with Crippen molar-refractivity contribution in [2.45, 2.75) is 18.3 Å². The van der Waals surface area contributed by atoms with Gasteiger partial charge in [-0.05, 0) is 18.4 Å². The maximum atomic E-state index is 11.8. The molecule has 0 aliphatic carbocycles. The number of amides is 1. The third-order valence-corrected chi connectivity index (χ3v) is 3.97. The summed E-state index contributed by atoms with van der Waals surface area (Å²) in [4.78, 5) is 25.2. The van der Waals surface area contributed by atoms with E-state index in [1.54, 1.807) is 4.90 Å². The molecule has 0 spiro atoms. The molecule has 0 unspecified atom stereocenters. The van der Waals surface area contributed by atoms with Gasteiger partial charge in [-0.2, -0.15) is 0 Å². The van der Waals surface area contributed by atoms with Crippen LogP contribution in [0.3, 0.4) is 0 Å². The minimum absolute atomic E-state index is 0.0470. The van der Waals surface area contributed by atoms with E-state index < -0.39 is 11.4 Å². The van der Waals surface area contributed by atoms with Gasteiger partial charge in [-0.1, -0.05) is 30.3 Å². The highest BCUT2D eigenvalue weighted by Gasteiger charge is 2.43. The van der Waals surface area contributed by atoms with E-state index >= 15 is 0 Å². The van der Waals surface area contributed by atoms with Crippen LogP contribution in [0.5, 0.6) is 0 Å². The molecule has 0 atom stereocenters. The first-order valence-electron chi connectivity index (χ1n) is 6.66. The molecular formula is C15H19NO4. The van der Waals surface area contributed by atoms with Gasteiger partial charge in [0.15, 0.2) is 0 Å². The monoisotopic (exact) mass is 277 g/mol. The van der Waals surface area contributed by atoms with E-state index in [9.17, 15) is 14.7 Å². The van der Waals surface area contributed by atoms with E-state index in [2.05, 4.69) is 0 Å². The number of carbonyl (C=O) groups is 2.